The predicted molar refractivity (Wildman–Crippen MR) is 193 cm³/mol. The minimum Gasteiger partial charge on any atom is -0.308 e. The van der Waals surface area contributed by atoms with E-state index >= 15 is 0 Å². The minimum atomic E-state index is 0.636. The number of nitrogens with zero attached hydrogens (tertiary/aromatic N) is 4. The van der Waals surface area contributed by atoms with Gasteiger partial charge in [0.2, 0.25) is 0 Å². The summed E-state index contributed by atoms with van der Waals surface area (Å²) in [7, 11) is 0. The van der Waals surface area contributed by atoms with Gasteiger partial charge in [0.25, 0.3) is 0 Å². The van der Waals surface area contributed by atoms with Crippen LogP contribution in [-0.2, 0) is 0 Å². The molecule has 2 heterocycles. The standard InChI is InChI=1S/C43H28N4/c1-4-14-29(15-5-1)30-24-26-32(27-25-30)42-44-41(31-16-6-2-7-17-31)45-43(46-42)39-35-21-11-10-18-33(35)28-37-36-22-12-13-23-38(36)47(40(37)39)34-19-8-3-9-20-34/h1-28H. The van der Waals surface area contributed by atoms with Gasteiger partial charge in [-0.2, -0.15) is 0 Å². The number of benzene rings is 7. The maximum Gasteiger partial charge on any atom is 0.166 e. The maximum atomic E-state index is 5.27. The predicted octanol–water partition coefficient (Wildman–Crippen LogP) is 10.8. The van der Waals surface area contributed by atoms with Crippen molar-refractivity contribution in [2.75, 3.05) is 0 Å². The fourth-order valence-corrected chi connectivity index (χ4v) is 6.64. The van der Waals surface area contributed by atoms with Crippen molar-refractivity contribution < 1.29 is 0 Å². The summed E-state index contributed by atoms with van der Waals surface area (Å²) >= 11 is 0. The van der Waals surface area contributed by atoms with E-state index in [0.29, 0.717) is 17.5 Å². The topological polar surface area (TPSA) is 43.6 Å². The van der Waals surface area contributed by atoms with E-state index in [1.54, 1.807) is 0 Å². The highest BCUT2D eigenvalue weighted by Gasteiger charge is 2.22. The maximum absolute atomic E-state index is 5.27. The Hall–Kier alpha value is -6.39. The third-order valence-electron chi connectivity index (χ3n) is 8.84. The van der Waals surface area contributed by atoms with E-state index in [1.807, 2.05) is 24.3 Å². The molecule has 0 bridgehead atoms. The first-order valence-electron chi connectivity index (χ1n) is 15.8. The first kappa shape index (κ1) is 27.0. The second-order valence-corrected chi connectivity index (χ2v) is 11.7. The molecule has 0 fully saturated rings. The van der Waals surface area contributed by atoms with Crippen molar-refractivity contribution in [3.05, 3.63) is 170 Å². The largest absolute Gasteiger partial charge is 0.308 e. The Labute approximate surface area is 272 Å². The van der Waals surface area contributed by atoms with Crippen LogP contribution < -0.4 is 0 Å². The molecule has 7 aromatic carbocycles. The van der Waals surface area contributed by atoms with Gasteiger partial charge in [0.15, 0.2) is 17.5 Å². The molecule has 0 radical (unpaired) electrons. The van der Waals surface area contributed by atoms with Gasteiger partial charge in [-0.05, 0) is 46.2 Å². The molecule has 0 aliphatic carbocycles. The van der Waals surface area contributed by atoms with Crippen molar-refractivity contribution in [1.29, 1.82) is 0 Å². The molecule has 0 atom stereocenters. The van der Waals surface area contributed by atoms with Crippen molar-refractivity contribution in [2.24, 2.45) is 0 Å². The van der Waals surface area contributed by atoms with Crippen LogP contribution in [0.15, 0.2) is 170 Å². The molecule has 0 unspecified atom stereocenters. The lowest BCUT2D eigenvalue weighted by molar-refractivity contribution is 1.07. The average Bonchev–Trinajstić information content (AvgIpc) is 3.48. The van der Waals surface area contributed by atoms with E-state index in [-0.39, 0.29) is 0 Å². The molecule has 4 nitrogen and oxygen atoms in total. The van der Waals surface area contributed by atoms with Gasteiger partial charge >= 0.3 is 0 Å². The number of hydrogen-bond acceptors (Lipinski definition) is 3. The Morgan fingerprint density at radius 1 is 0.362 bits per heavy atom. The second kappa shape index (κ2) is 11.2. The fourth-order valence-electron chi connectivity index (χ4n) is 6.64. The number of rotatable bonds is 5. The Balaban J connectivity index is 1.37. The highest BCUT2D eigenvalue weighted by atomic mass is 15.0. The highest BCUT2D eigenvalue weighted by Crippen LogP contribution is 2.42. The van der Waals surface area contributed by atoms with Crippen LogP contribution in [0.1, 0.15) is 0 Å². The van der Waals surface area contributed by atoms with Gasteiger partial charge in [0, 0.05) is 27.6 Å². The van der Waals surface area contributed by atoms with E-state index in [0.717, 1.165) is 55.1 Å². The molecular formula is C43H28N4. The van der Waals surface area contributed by atoms with Crippen LogP contribution in [-0.4, -0.2) is 19.5 Å². The van der Waals surface area contributed by atoms with Crippen LogP contribution in [0.2, 0.25) is 0 Å². The molecule has 0 saturated heterocycles. The summed E-state index contributed by atoms with van der Waals surface area (Å²) in [6, 6.07) is 59.1. The van der Waals surface area contributed by atoms with Crippen molar-refractivity contribution in [3.63, 3.8) is 0 Å². The Kier molecular flexibility index (Phi) is 6.43. The molecule has 2 aromatic heterocycles. The van der Waals surface area contributed by atoms with E-state index in [1.165, 1.54) is 10.9 Å². The van der Waals surface area contributed by atoms with Crippen LogP contribution in [0.5, 0.6) is 0 Å². The smallest absolute Gasteiger partial charge is 0.166 e. The molecule has 220 valence electrons. The van der Waals surface area contributed by atoms with Crippen molar-refractivity contribution in [2.45, 2.75) is 0 Å². The average molecular weight is 601 g/mol. The minimum absolute atomic E-state index is 0.636. The van der Waals surface area contributed by atoms with E-state index in [2.05, 4.69) is 150 Å². The van der Waals surface area contributed by atoms with Gasteiger partial charge in [-0.25, -0.2) is 15.0 Å². The number of para-hydroxylation sites is 2. The van der Waals surface area contributed by atoms with Gasteiger partial charge in [-0.3, -0.25) is 0 Å². The molecule has 0 N–H and O–H groups in total. The van der Waals surface area contributed by atoms with Gasteiger partial charge in [-0.15, -0.1) is 0 Å². The number of aromatic nitrogens is 4. The molecule has 0 spiro atoms. The first-order chi connectivity index (χ1) is 23.3. The second-order valence-electron chi connectivity index (χ2n) is 11.7. The summed E-state index contributed by atoms with van der Waals surface area (Å²) in [5.41, 5.74) is 8.49. The van der Waals surface area contributed by atoms with Crippen molar-refractivity contribution >= 4 is 32.6 Å². The van der Waals surface area contributed by atoms with Crippen LogP contribution >= 0.6 is 0 Å². The lowest BCUT2D eigenvalue weighted by Gasteiger charge is -2.15. The fraction of sp³-hybridized carbons (Fsp3) is 0. The van der Waals surface area contributed by atoms with E-state index < -0.39 is 0 Å². The third kappa shape index (κ3) is 4.66. The molecule has 47 heavy (non-hydrogen) atoms. The van der Waals surface area contributed by atoms with Crippen LogP contribution in [0.4, 0.5) is 0 Å². The Morgan fingerprint density at radius 2 is 0.851 bits per heavy atom. The summed E-state index contributed by atoms with van der Waals surface area (Å²) in [6.07, 6.45) is 0. The molecule has 0 saturated carbocycles. The summed E-state index contributed by atoms with van der Waals surface area (Å²) in [6.45, 7) is 0. The quantitative estimate of drug-likeness (QED) is 0.197. The van der Waals surface area contributed by atoms with Gasteiger partial charge in [0.05, 0.1) is 16.6 Å². The molecular weight excluding hydrogens is 573 g/mol. The first-order valence-corrected chi connectivity index (χ1v) is 15.8. The van der Waals surface area contributed by atoms with Gasteiger partial charge in [-0.1, -0.05) is 146 Å². The van der Waals surface area contributed by atoms with Crippen molar-refractivity contribution in [1.82, 2.24) is 19.5 Å². The van der Waals surface area contributed by atoms with Crippen LogP contribution in [0.3, 0.4) is 0 Å². The van der Waals surface area contributed by atoms with E-state index in [9.17, 15) is 0 Å². The summed E-state index contributed by atoms with van der Waals surface area (Å²) in [4.78, 5) is 15.6. The monoisotopic (exact) mass is 600 g/mol. The van der Waals surface area contributed by atoms with Crippen molar-refractivity contribution in [3.8, 4) is 51.0 Å². The van der Waals surface area contributed by atoms with Gasteiger partial charge in [0.1, 0.15) is 0 Å². The zero-order chi connectivity index (χ0) is 31.2. The molecule has 0 amide bonds. The zero-order valence-electron chi connectivity index (χ0n) is 25.5. The molecule has 0 aliphatic rings. The highest BCUT2D eigenvalue weighted by molar-refractivity contribution is 6.20. The SMILES string of the molecule is c1ccc(-c2ccc(-c3nc(-c4ccccc4)nc(-c4c5ccccc5cc5c6ccccc6n(-c6ccccc6)c45)n3)cc2)cc1. The lowest BCUT2D eigenvalue weighted by atomic mass is 9.99. The molecule has 0 aliphatic heterocycles. The molecule has 9 aromatic rings. The summed E-state index contributed by atoms with van der Waals surface area (Å²) < 4.78 is 2.35. The molecule has 9 rings (SSSR count). The Morgan fingerprint density at radius 3 is 1.55 bits per heavy atom. The van der Waals surface area contributed by atoms with Crippen LogP contribution in [0.25, 0.3) is 83.6 Å². The third-order valence-corrected chi connectivity index (χ3v) is 8.84. The summed E-state index contributed by atoms with van der Waals surface area (Å²) in [5, 5.41) is 4.58. The normalized spacial score (nSPS) is 11.4. The number of fused-ring (bicyclic) bond motifs is 4. The Bertz CT molecular complexity index is 2540. The molecule has 4 heteroatoms. The number of hydrogen-bond donors (Lipinski definition) is 0. The van der Waals surface area contributed by atoms with Gasteiger partial charge < -0.3 is 4.57 Å². The van der Waals surface area contributed by atoms with Crippen LogP contribution in [0, 0.1) is 0 Å². The lowest BCUT2D eigenvalue weighted by Crippen LogP contribution is -2.03. The summed E-state index contributed by atoms with van der Waals surface area (Å²) in [5.74, 6) is 1.92. The zero-order valence-corrected chi connectivity index (χ0v) is 25.5. The van der Waals surface area contributed by atoms with E-state index in [4.69, 9.17) is 15.0 Å².